The molecule has 0 saturated heterocycles. The molecule has 0 N–H and O–H groups in total. The highest BCUT2D eigenvalue weighted by Crippen LogP contribution is 2.27. The number of hydrogen-bond donors (Lipinski definition) is 0. The Morgan fingerprint density at radius 2 is 2.07 bits per heavy atom. The van der Waals surface area contributed by atoms with E-state index in [4.69, 9.17) is 4.74 Å². The summed E-state index contributed by atoms with van der Waals surface area (Å²) < 4.78 is 31.9. The van der Waals surface area contributed by atoms with Crippen LogP contribution in [0.2, 0.25) is 0 Å². The first kappa shape index (κ1) is 11.3. The lowest BCUT2D eigenvalue weighted by Gasteiger charge is -2.32. The van der Waals surface area contributed by atoms with Crippen LogP contribution in [0.25, 0.3) is 0 Å². The molecule has 0 bridgehead atoms. The summed E-state index contributed by atoms with van der Waals surface area (Å²) in [6, 6.07) is 0. The topological polar surface area (TPSA) is 21.6 Å². The van der Waals surface area contributed by atoms with Crippen molar-refractivity contribution in [2.45, 2.75) is 45.1 Å². The van der Waals surface area contributed by atoms with Gasteiger partial charge in [0.05, 0.1) is 5.60 Å². The van der Waals surface area contributed by atoms with Gasteiger partial charge in [0.1, 0.15) is 6.10 Å². The van der Waals surface area contributed by atoms with Crippen LogP contribution in [0.15, 0.2) is 17.0 Å². The highest BCUT2D eigenvalue weighted by molar-refractivity contribution is 5.72. The van der Waals surface area contributed by atoms with E-state index in [1.54, 1.807) is 20.8 Å². The summed E-state index contributed by atoms with van der Waals surface area (Å²) >= 11 is 0. The molecule has 4 heteroatoms. The molecule has 0 aromatic rings. The first-order chi connectivity index (χ1) is 6.21. The molecule has 0 amide bonds. The molecule has 1 aliphatic heterocycles. The van der Waals surface area contributed by atoms with Crippen LogP contribution in [-0.2, 0) is 4.74 Å². The average Bonchev–Trinajstić information content (AvgIpc) is 1.95. The van der Waals surface area contributed by atoms with Crippen molar-refractivity contribution in [3.63, 3.8) is 0 Å². The van der Waals surface area contributed by atoms with E-state index < -0.39 is 23.3 Å². The van der Waals surface area contributed by atoms with Crippen LogP contribution in [0.3, 0.4) is 0 Å². The second-order valence-corrected chi connectivity index (χ2v) is 4.55. The smallest absolute Gasteiger partial charge is 0.211 e. The summed E-state index contributed by atoms with van der Waals surface area (Å²) in [7, 11) is 0. The van der Waals surface area contributed by atoms with Crippen molar-refractivity contribution in [2.24, 2.45) is 4.99 Å². The second kappa shape index (κ2) is 3.42. The molecule has 0 aromatic heterocycles. The fourth-order valence-electron chi connectivity index (χ4n) is 1.12. The zero-order valence-corrected chi connectivity index (χ0v) is 8.84. The summed E-state index contributed by atoms with van der Waals surface area (Å²) in [5.74, 6) is -0.700. The third-order valence-corrected chi connectivity index (χ3v) is 1.77. The van der Waals surface area contributed by atoms with Gasteiger partial charge < -0.3 is 4.74 Å². The molecule has 0 aromatic carbocycles. The first-order valence-corrected chi connectivity index (χ1v) is 4.50. The highest BCUT2D eigenvalue weighted by atomic mass is 19.1. The Balaban J connectivity index is 2.81. The molecule has 2 atom stereocenters. The molecule has 0 saturated carbocycles. The average molecular weight is 203 g/mol. The third kappa shape index (κ3) is 2.87. The number of alkyl halides is 1. The van der Waals surface area contributed by atoms with Crippen molar-refractivity contribution in [3.8, 4) is 0 Å². The number of aliphatic imine (C=N–C) groups is 1. The van der Waals surface area contributed by atoms with E-state index in [9.17, 15) is 8.78 Å². The fraction of sp³-hybridized carbons (Fsp3) is 0.700. The molecule has 1 aliphatic rings. The lowest BCUT2D eigenvalue weighted by atomic mass is 9.99. The summed E-state index contributed by atoms with van der Waals surface area (Å²) in [6.07, 6.45) is 1.09. The number of ether oxygens (including phenoxy) is 1. The molecule has 0 fully saturated rings. The predicted octanol–water partition coefficient (Wildman–Crippen LogP) is 2.79. The molecular weight excluding hydrogens is 188 g/mol. The molecule has 1 heterocycles. The lowest BCUT2D eigenvalue weighted by Crippen LogP contribution is -2.43. The Morgan fingerprint density at radius 1 is 1.50 bits per heavy atom. The molecule has 1 rings (SSSR count). The van der Waals surface area contributed by atoms with Crippen molar-refractivity contribution in [3.05, 3.63) is 12.0 Å². The van der Waals surface area contributed by atoms with Crippen molar-refractivity contribution < 1.29 is 13.5 Å². The minimum absolute atomic E-state index is 0.514. The largest absolute Gasteiger partial charge is 0.365 e. The van der Waals surface area contributed by atoms with Gasteiger partial charge in [-0.3, -0.25) is 0 Å². The van der Waals surface area contributed by atoms with Gasteiger partial charge in [0.25, 0.3) is 0 Å². The number of halogens is 2. The van der Waals surface area contributed by atoms with Gasteiger partial charge >= 0.3 is 0 Å². The quantitative estimate of drug-likeness (QED) is 0.600. The van der Waals surface area contributed by atoms with E-state index in [2.05, 4.69) is 4.99 Å². The van der Waals surface area contributed by atoms with Gasteiger partial charge in [-0.05, 0) is 27.7 Å². The Kier molecular flexibility index (Phi) is 2.76. The van der Waals surface area contributed by atoms with Crippen LogP contribution in [0, 0.1) is 0 Å². The van der Waals surface area contributed by atoms with Crippen LogP contribution in [0.1, 0.15) is 27.7 Å². The maximum absolute atomic E-state index is 13.8. The Bertz CT molecular complexity index is 276. The van der Waals surface area contributed by atoms with Gasteiger partial charge in [-0.15, -0.1) is 0 Å². The molecule has 0 radical (unpaired) electrons. The van der Waals surface area contributed by atoms with Crippen molar-refractivity contribution in [1.82, 2.24) is 0 Å². The second-order valence-electron chi connectivity index (χ2n) is 4.55. The van der Waals surface area contributed by atoms with Gasteiger partial charge in [-0.2, -0.15) is 4.39 Å². The maximum Gasteiger partial charge on any atom is 0.211 e. The van der Waals surface area contributed by atoms with Crippen molar-refractivity contribution in [1.29, 1.82) is 0 Å². The number of rotatable bonds is 1. The third-order valence-electron chi connectivity index (χ3n) is 1.77. The van der Waals surface area contributed by atoms with E-state index in [1.807, 2.05) is 0 Å². The molecule has 80 valence electrons. The van der Waals surface area contributed by atoms with Crippen LogP contribution >= 0.6 is 0 Å². The van der Waals surface area contributed by atoms with Gasteiger partial charge in [0.15, 0.2) is 5.67 Å². The monoisotopic (exact) mass is 203 g/mol. The van der Waals surface area contributed by atoms with Gasteiger partial charge in [-0.1, -0.05) is 0 Å². The van der Waals surface area contributed by atoms with Crippen LogP contribution in [-0.4, -0.2) is 23.6 Å². The van der Waals surface area contributed by atoms with E-state index in [-0.39, 0.29) is 0 Å². The highest BCUT2D eigenvalue weighted by Gasteiger charge is 2.37. The van der Waals surface area contributed by atoms with E-state index in [1.165, 1.54) is 6.92 Å². The van der Waals surface area contributed by atoms with Crippen molar-refractivity contribution >= 4 is 6.21 Å². The lowest BCUT2D eigenvalue weighted by molar-refractivity contribution is -0.0801. The molecule has 0 spiro atoms. The normalized spacial score (nSPS) is 33.0. The molecule has 2 nitrogen and oxygen atoms in total. The molecule has 14 heavy (non-hydrogen) atoms. The Labute approximate surface area is 82.7 Å². The van der Waals surface area contributed by atoms with Crippen LogP contribution < -0.4 is 0 Å². The molecule has 2 unspecified atom stereocenters. The van der Waals surface area contributed by atoms with Crippen LogP contribution in [0.4, 0.5) is 8.78 Å². The first-order valence-electron chi connectivity index (χ1n) is 4.50. The predicted molar refractivity (Wildman–Crippen MR) is 51.8 cm³/mol. The van der Waals surface area contributed by atoms with Gasteiger partial charge in [-0.25, -0.2) is 9.38 Å². The standard InChI is InChI=1S/C10H15F2NO/c1-9(2,3)14-7-5-8(11)13-6-10(7,4)12/h5-7H,1-4H3. The summed E-state index contributed by atoms with van der Waals surface area (Å²) in [6.45, 7) is 6.69. The minimum Gasteiger partial charge on any atom is -0.365 e. The fourth-order valence-corrected chi connectivity index (χ4v) is 1.12. The Hall–Kier alpha value is -0.770. The molecule has 0 aliphatic carbocycles. The SMILES string of the molecule is CC(C)(C)OC1C=C(F)N=CC1(C)F. The minimum atomic E-state index is -1.75. The number of nitrogens with zero attached hydrogens (tertiary/aromatic N) is 1. The zero-order chi connectivity index (χ0) is 11.0. The van der Waals surface area contributed by atoms with E-state index >= 15 is 0 Å². The zero-order valence-electron chi connectivity index (χ0n) is 8.84. The van der Waals surface area contributed by atoms with Gasteiger partial charge in [0, 0.05) is 12.3 Å². The maximum atomic E-state index is 13.8. The van der Waals surface area contributed by atoms with Crippen LogP contribution in [0.5, 0.6) is 0 Å². The molecular formula is C10H15F2NO. The summed E-state index contributed by atoms with van der Waals surface area (Å²) in [5.41, 5.74) is -2.26. The van der Waals surface area contributed by atoms with Gasteiger partial charge in [0.2, 0.25) is 5.95 Å². The van der Waals surface area contributed by atoms with E-state index in [0.717, 1.165) is 12.3 Å². The van der Waals surface area contributed by atoms with Crippen molar-refractivity contribution in [2.75, 3.05) is 0 Å². The van der Waals surface area contributed by atoms with E-state index in [0.29, 0.717) is 0 Å². The summed E-state index contributed by atoms with van der Waals surface area (Å²) in [4.78, 5) is 3.28. The summed E-state index contributed by atoms with van der Waals surface area (Å²) in [5, 5.41) is 0. The number of hydrogen-bond acceptors (Lipinski definition) is 2. The Morgan fingerprint density at radius 3 is 2.57 bits per heavy atom.